The highest BCUT2D eigenvalue weighted by Gasteiger charge is 2.00. The van der Waals surface area contributed by atoms with Gasteiger partial charge in [0.2, 0.25) is 0 Å². The van der Waals surface area contributed by atoms with Crippen LogP contribution in [0.1, 0.15) is 25.1 Å². The van der Waals surface area contributed by atoms with E-state index in [2.05, 4.69) is 17.1 Å². The summed E-state index contributed by atoms with van der Waals surface area (Å²) in [7, 11) is 0. The molecule has 3 heteroatoms. The average molecular weight is 218 g/mol. The fraction of sp³-hybridized carbons (Fsp3) is 0.308. The molecule has 0 atom stereocenters. The lowest BCUT2D eigenvalue weighted by molar-refractivity contribution is 0.271. The SMILES string of the molecule is CC.OCc1cncn1Cc1ccccc1. The molecule has 0 unspecified atom stereocenters. The molecule has 3 nitrogen and oxygen atoms in total. The zero-order chi connectivity index (χ0) is 11.8. The van der Waals surface area contributed by atoms with Gasteiger partial charge < -0.3 is 9.67 Å². The smallest absolute Gasteiger partial charge is 0.0952 e. The Bertz CT molecular complexity index is 395. The zero-order valence-electron chi connectivity index (χ0n) is 9.80. The average Bonchev–Trinajstić information content (AvgIpc) is 2.80. The molecule has 0 radical (unpaired) electrons. The number of benzene rings is 1. The van der Waals surface area contributed by atoms with Crippen molar-refractivity contribution in [3.63, 3.8) is 0 Å². The molecule has 2 aromatic rings. The molecule has 0 saturated carbocycles. The fourth-order valence-electron chi connectivity index (χ4n) is 1.40. The molecule has 0 saturated heterocycles. The van der Waals surface area contributed by atoms with Gasteiger partial charge in [-0.25, -0.2) is 4.98 Å². The first-order valence-corrected chi connectivity index (χ1v) is 5.54. The summed E-state index contributed by atoms with van der Waals surface area (Å²) in [6.45, 7) is 4.80. The highest BCUT2D eigenvalue weighted by Crippen LogP contribution is 2.05. The molecule has 0 bridgehead atoms. The minimum atomic E-state index is 0.0346. The third-order valence-electron chi connectivity index (χ3n) is 2.16. The molecule has 0 amide bonds. The molecule has 1 aromatic heterocycles. The molecule has 86 valence electrons. The topological polar surface area (TPSA) is 38.1 Å². The van der Waals surface area contributed by atoms with Gasteiger partial charge in [-0.2, -0.15) is 0 Å². The highest BCUT2D eigenvalue weighted by molar-refractivity contribution is 5.16. The lowest BCUT2D eigenvalue weighted by Crippen LogP contribution is -2.02. The van der Waals surface area contributed by atoms with Gasteiger partial charge in [-0.3, -0.25) is 0 Å². The van der Waals surface area contributed by atoms with E-state index in [0.29, 0.717) is 0 Å². The van der Waals surface area contributed by atoms with Crippen LogP contribution in [0.4, 0.5) is 0 Å². The molecular formula is C13H18N2O. The second-order valence-corrected chi connectivity index (χ2v) is 3.16. The maximum atomic E-state index is 9.02. The Morgan fingerprint density at radius 2 is 1.88 bits per heavy atom. The van der Waals surface area contributed by atoms with Crippen molar-refractivity contribution in [2.24, 2.45) is 0 Å². The minimum absolute atomic E-state index is 0.0346. The van der Waals surface area contributed by atoms with Crippen LogP contribution >= 0.6 is 0 Å². The first kappa shape index (κ1) is 12.5. The third-order valence-corrected chi connectivity index (χ3v) is 2.16. The number of imidazole rings is 1. The summed E-state index contributed by atoms with van der Waals surface area (Å²) in [5.41, 5.74) is 2.05. The highest BCUT2D eigenvalue weighted by atomic mass is 16.3. The Morgan fingerprint density at radius 1 is 1.19 bits per heavy atom. The van der Waals surface area contributed by atoms with Crippen LogP contribution in [0.3, 0.4) is 0 Å². The van der Waals surface area contributed by atoms with Gasteiger partial charge in [0.05, 0.1) is 24.8 Å². The summed E-state index contributed by atoms with van der Waals surface area (Å²) in [5, 5.41) is 9.02. The van der Waals surface area contributed by atoms with Crippen LogP contribution in [0, 0.1) is 0 Å². The van der Waals surface area contributed by atoms with Crippen molar-refractivity contribution in [1.82, 2.24) is 9.55 Å². The Labute approximate surface area is 96.4 Å². The first-order valence-electron chi connectivity index (χ1n) is 5.54. The van der Waals surface area contributed by atoms with E-state index >= 15 is 0 Å². The number of aromatic nitrogens is 2. The van der Waals surface area contributed by atoms with Crippen molar-refractivity contribution >= 4 is 0 Å². The lowest BCUT2D eigenvalue weighted by Gasteiger charge is -2.05. The van der Waals surface area contributed by atoms with E-state index < -0.39 is 0 Å². The van der Waals surface area contributed by atoms with E-state index in [1.807, 2.05) is 36.6 Å². The monoisotopic (exact) mass is 218 g/mol. The predicted molar refractivity (Wildman–Crippen MR) is 65.0 cm³/mol. The van der Waals surface area contributed by atoms with Crippen LogP contribution in [-0.2, 0) is 13.2 Å². The van der Waals surface area contributed by atoms with Crippen LogP contribution in [0.15, 0.2) is 42.9 Å². The molecule has 0 aliphatic heterocycles. The second-order valence-electron chi connectivity index (χ2n) is 3.16. The molecule has 0 aliphatic rings. The molecule has 0 aliphatic carbocycles. The molecule has 1 heterocycles. The van der Waals surface area contributed by atoms with Crippen molar-refractivity contribution < 1.29 is 5.11 Å². The summed E-state index contributed by atoms with van der Waals surface area (Å²) in [6.07, 6.45) is 3.42. The molecule has 0 fully saturated rings. The number of rotatable bonds is 3. The molecule has 16 heavy (non-hydrogen) atoms. The predicted octanol–water partition coefficient (Wildman–Crippen LogP) is 2.45. The van der Waals surface area contributed by atoms with E-state index in [-0.39, 0.29) is 6.61 Å². The first-order chi connectivity index (χ1) is 7.90. The van der Waals surface area contributed by atoms with E-state index in [9.17, 15) is 0 Å². The van der Waals surface area contributed by atoms with E-state index in [4.69, 9.17) is 5.11 Å². The maximum absolute atomic E-state index is 9.02. The van der Waals surface area contributed by atoms with Crippen molar-refractivity contribution in [2.75, 3.05) is 0 Å². The van der Waals surface area contributed by atoms with Gasteiger partial charge in [-0.15, -0.1) is 0 Å². The van der Waals surface area contributed by atoms with E-state index in [0.717, 1.165) is 12.2 Å². The van der Waals surface area contributed by atoms with Gasteiger partial charge in [-0.05, 0) is 5.56 Å². The minimum Gasteiger partial charge on any atom is -0.390 e. The maximum Gasteiger partial charge on any atom is 0.0952 e. The normalized spacial score (nSPS) is 9.44. The van der Waals surface area contributed by atoms with Gasteiger partial charge in [-0.1, -0.05) is 44.2 Å². The zero-order valence-corrected chi connectivity index (χ0v) is 9.80. The molecule has 0 spiro atoms. The Balaban J connectivity index is 0.000000606. The van der Waals surface area contributed by atoms with Crippen LogP contribution in [0.5, 0.6) is 0 Å². The van der Waals surface area contributed by atoms with Crippen LogP contribution in [0.2, 0.25) is 0 Å². The number of hydrogen-bond donors (Lipinski definition) is 1. The van der Waals surface area contributed by atoms with Gasteiger partial charge >= 0.3 is 0 Å². The molecule has 1 aromatic carbocycles. The number of aliphatic hydroxyl groups excluding tert-OH is 1. The summed E-state index contributed by atoms with van der Waals surface area (Å²) in [5.74, 6) is 0. The lowest BCUT2D eigenvalue weighted by atomic mass is 10.2. The summed E-state index contributed by atoms with van der Waals surface area (Å²) in [6, 6.07) is 10.1. The summed E-state index contributed by atoms with van der Waals surface area (Å²) in [4.78, 5) is 3.99. The Morgan fingerprint density at radius 3 is 2.50 bits per heavy atom. The van der Waals surface area contributed by atoms with Crippen molar-refractivity contribution in [3.05, 3.63) is 54.1 Å². The Kier molecular flexibility index (Phi) is 5.29. The second kappa shape index (κ2) is 6.80. The number of aliphatic hydroxyl groups is 1. The van der Waals surface area contributed by atoms with Gasteiger partial charge in [0.15, 0.2) is 0 Å². The fourth-order valence-corrected chi connectivity index (χ4v) is 1.40. The Hall–Kier alpha value is -1.61. The van der Waals surface area contributed by atoms with Crippen molar-refractivity contribution in [1.29, 1.82) is 0 Å². The largest absolute Gasteiger partial charge is 0.390 e. The van der Waals surface area contributed by atoms with Crippen LogP contribution in [0.25, 0.3) is 0 Å². The van der Waals surface area contributed by atoms with Gasteiger partial charge in [0, 0.05) is 6.54 Å². The van der Waals surface area contributed by atoms with E-state index in [1.54, 1.807) is 12.5 Å². The number of nitrogens with zero attached hydrogens (tertiary/aromatic N) is 2. The standard InChI is InChI=1S/C11H12N2O.C2H6/c14-8-11-6-12-9-13(11)7-10-4-2-1-3-5-10;1-2/h1-6,9,14H,7-8H2;1-2H3. The summed E-state index contributed by atoms with van der Waals surface area (Å²) < 4.78 is 1.94. The number of hydrogen-bond acceptors (Lipinski definition) is 2. The van der Waals surface area contributed by atoms with Crippen LogP contribution in [-0.4, -0.2) is 14.7 Å². The van der Waals surface area contributed by atoms with E-state index in [1.165, 1.54) is 5.56 Å². The van der Waals surface area contributed by atoms with Crippen LogP contribution < -0.4 is 0 Å². The molecule has 1 N–H and O–H groups in total. The quantitative estimate of drug-likeness (QED) is 0.859. The van der Waals surface area contributed by atoms with Crippen molar-refractivity contribution in [3.8, 4) is 0 Å². The van der Waals surface area contributed by atoms with Crippen molar-refractivity contribution in [2.45, 2.75) is 27.0 Å². The molecule has 2 rings (SSSR count). The third kappa shape index (κ3) is 3.21. The molecular weight excluding hydrogens is 200 g/mol. The summed E-state index contributed by atoms with van der Waals surface area (Å²) >= 11 is 0. The van der Waals surface area contributed by atoms with Gasteiger partial charge in [0.25, 0.3) is 0 Å². The van der Waals surface area contributed by atoms with Gasteiger partial charge in [0.1, 0.15) is 0 Å².